The Labute approximate surface area is 200 Å². The van der Waals surface area contributed by atoms with Gasteiger partial charge in [0.25, 0.3) is 5.69 Å². The van der Waals surface area contributed by atoms with E-state index in [1.807, 2.05) is 0 Å². The molecule has 0 heterocycles. The lowest BCUT2D eigenvalue weighted by Crippen LogP contribution is -2.32. The van der Waals surface area contributed by atoms with Crippen LogP contribution in [0, 0.1) is 10.1 Å². The van der Waals surface area contributed by atoms with Crippen LogP contribution in [0.25, 0.3) is 0 Å². The maximum atomic E-state index is 11.8. The van der Waals surface area contributed by atoms with Crippen LogP contribution in [0.4, 0.5) is 28.4 Å². The number of nitrogens with zero attached hydrogens (tertiary/aromatic N) is 4. The molecule has 0 aliphatic carbocycles. The molecule has 2 aromatic rings. The average Bonchev–Trinajstić information content (AvgIpc) is 2.77. The zero-order valence-corrected chi connectivity index (χ0v) is 19.4. The van der Waals surface area contributed by atoms with E-state index in [0.717, 1.165) is 6.07 Å². The number of carbonyl (C=O) groups is 3. The number of rotatable bonds is 11. The van der Waals surface area contributed by atoms with Crippen molar-refractivity contribution in [3.63, 3.8) is 0 Å². The van der Waals surface area contributed by atoms with Crippen LogP contribution in [-0.2, 0) is 23.9 Å². The molecule has 13 nitrogen and oxygen atoms in total. The molecule has 186 valence electrons. The van der Waals surface area contributed by atoms with Crippen molar-refractivity contribution in [2.75, 3.05) is 36.5 Å². The quantitative estimate of drug-likeness (QED) is 0.208. The van der Waals surface area contributed by atoms with Gasteiger partial charge in [0.2, 0.25) is 5.91 Å². The van der Waals surface area contributed by atoms with Gasteiger partial charge in [-0.25, -0.2) is 0 Å². The molecule has 0 fully saturated rings. The summed E-state index contributed by atoms with van der Waals surface area (Å²) in [5.74, 6) is -1.67. The van der Waals surface area contributed by atoms with E-state index in [0.29, 0.717) is 11.4 Å². The van der Waals surface area contributed by atoms with Gasteiger partial charge in [-0.15, -0.1) is 10.2 Å². The Hall–Kier alpha value is -4.55. The lowest BCUT2D eigenvalue weighted by atomic mass is 10.2. The van der Waals surface area contributed by atoms with E-state index < -0.39 is 22.6 Å². The highest BCUT2D eigenvalue weighted by Crippen LogP contribution is 2.35. The van der Waals surface area contributed by atoms with Gasteiger partial charge >= 0.3 is 11.9 Å². The lowest BCUT2D eigenvalue weighted by molar-refractivity contribution is -0.384. The van der Waals surface area contributed by atoms with E-state index in [1.54, 1.807) is 23.1 Å². The minimum atomic E-state index is -0.650. The van der Waals surface area contributed by atoms with Crippen LogP contribution in [0.15, 0.2) is 46.6 Å². The molecule has 13 heteroatoms. The van der Waals surface area contributed by atoms with Crippen LogP contribution < -0.4 is 10.2 Å². The van der Waals surface area contributed by atoms with Crippen LogP contribution in [0.3, 0.4) is 0 Å². The Bertz CT molecular complexity index is 1110. The molecule has 0 spiro atoms. The number of anilines is 2. The van der Waals surface area contributed by atoms with E-state index in [-0.39, 0.29) is 49.3 Å². The highest BCUT2D eigenvalue weighted by molar-refractivity contribution is 5.93. The van der Waals surface area contributed by atoms with Gasteiger partial charge in [0.15, 0.2) is 0 Å². The zero-order chi connectivity index (χ0) is 26.0. The molecule has 0 radical (unpaired) electrons. The molecule has 2 N–H and O–H groups in total. The number of amides is 1. The number of non-ortho nitro benzene ring substituents is 1. The third kappa shape index (κ3) is 8.72. The highest BCUT2D eigenvalue weighted by atomic mass is 16.6. The zero-order valence-electron chi connectivity index (χ0n) is 19.4. The Kier molecular flexibility index (Phi) is 9.63. The lowest BCUT2D eigenvalue weighted by Gasteiger charge is -2.25. The third-order valence-electron chi connectivity index (χ3n) is 4.42. The largest absolute Gasteiger partial charge is 0.505 e. The number of nitrogens with one attached hydrogen (secondary N) is 1. The highest BCUT2D eigenvalue weighted by Gasteiger charge is 2.14. The fraction of sp³-hybridized carbons (Fsp3) is 0.318. The fourth-order valence-electron chi connectivity index (χ4n) is 2.88. The summed E-state index contributed by atoms with van der Waals surface area (Å²) in [7, 11) is 0. The van der Waals surface area contributed by atoms with Crippen LogP contribution in [0.5, 0.6) is 5.75 Å². The number of carbonyl (C=O) groups excluding carboxylic acids is 3. The smallest absolute Gasteiger partial charge is 0.302 e. The fourth-order valence-corrected chi connectivity index (χ4v) is 2.88. The monoisotopic (exact) mass is 487 g/mol. The van der Waals surface area contributed by atoms with Gasteiger partial charge < -0.3 is 24.8 Å². The summed E-state index contributed by atoms with van der Waals surface area (Å²) in [4.78, 5) is 46.0. The van der Waals surface area contributed by atoms with Gasteiger partial charge in [-0.1, -0.05) is 0 Å². The summed E-state index contributed by atoms with van der Waals surface area (Å²) >= 11 is 0. The molecule has 0 aromatic heterocycles. The summed E-state index contributed by atoms with van der Waals surface area (Å²) in [5.41, 5.74) is 0.863. The van der Waals surface area contributed by atoms with E-state index in [1.165, 1.54) is 32.9 Å². The van der Waals surface area contributed by atoms with Gasteiger partial charge in [-0.05, 0) is 24.3 Å². The van der Waals surface area contributed by atoms with Crippen LogP contribution in [0.2, 0.25) is 0 Å². The first-order chi connectivity index (χ1) is 16.6. The normalized spacial score (nSPS) is 10.6. The minimum absolute atomic E-state index is 0.00200. The van der Waals surface area contributed by atoms with Crippen molar-refractivity contribution >= 4 is 46.3 Å². The summed E-state index contributed by atoms with van der Waals surface area (Å²) in [5, 5.41) is 31.4. The Balaban J connectivity index is 2.33. The number of benzene rings is 2. The second-order valence-electron chi connectivity index (χ2n) is 7.18. The standard InChI is InChI=1S/C22H25N5O8/c1-14(28)23-21-12-17(26(8-10-34-15(2)29)9-11-35-16(3)30)4-6-19(21)24-25-20-7-5-18(27(32)33)13-22(20)31/h4-7,12-13,31H,8-11H2,1-3H3,(H,23,28). The molecule has 0 atom stereocenters. The number of nitro groups is 1. The van der Waals surface area contributed by atoms with E-state index in [9.17, 15) is 29.6 Å². The Morgan fingerprint density at radius 3 is 2.06 bits per heavy atom. The first kappa shape index (κ1) is 26.7. The SMILES string of the molecule is CC(=O)Nc1cc(N(CCOC(C)=O)CCOC(C)=O)ccc1N=Nc1ccc([N+](=O)[O-])cc1O. The first-order valence-electron chi connectivity index (χ1n) is 10.4. The van der Waals surface area contributed by atoms with Gasteiger partial charge in [-0.3, -0.25) is 24.5 Å². The number of esters is 2. The summed E-state index contributed by atoms with van der Waals surface area (Å²) < 4.78 is 10.0. The second-order valence-corrected chi connectivity index (χ2v) is 7.18. The third-order valence-corrected chi connectivity index (χ3v) is 4.42. The molecule has 2 aromatic carbocycles. The number of aromatic hydroxyl groups is 1. The maximum Gasteiger partial charge on any atom is 0.302 e. The van der Waals surface area contributed by atoms with E-state index >= 15 is 0 Å². The van der Waals surface area contributed by atoms with Crippen molar-refractivity contribution < 1.29 is 33.9 Å². The molecular weight excluding hydrogens is 462 g/mol. The molecule has 0 bridgehead atoms. The molecule has 0 saturated heterocycles. The predicted molar refractivity (Wildman–Crippen MR) is 125 cm³/mol. The van der Waals surface area contributed by atoms with Crippen molar-refractivity contribution in [2.24, 2.45) is 10.2 Å². The maximum absolute atomic E-state index is 11.8. The topological polar surface area (TPSA) is 173 Å². The number of hydrogen-bond acceptors (Lipinski definition) is 11. The second kappa shape index (κ2) is 12.6. The van der Waals surface area contributed by atoms with Gasteiger partial charge in [0, 0.05) is 32.5 Å². The number of phenols is 1. The van der Waals surface area contributed by atoms with Crippen LogP contribution >= 0.6 is 0 Å². The predicted octanol–water partition coefficient (Wildman–Crippen LogP) is 3.61. The average molecular weight is 487 g/mol. The molecule has 35 heavy (non-hydrogen) atoms. The van der Waals surface area contributed by atoms with Crippen molar-refractivity contribution in [1.29, 1.82) is 0 Å². The summed E-state index contributed by atoms with van der Waals surface area (Å²) in [6.45, 7) is 4.66. The van der Waals surface area contributed by atoms with Crippen molar-refractivity contribution in [2.45, 2.75) is 20.8 Å². The molecule has 0 aliphatic heterocycles. The number of hydrogen-bond donors (Lipinski definition) is 2. The Morgan fingerprint density at radius 2 is 1.54 bits per heavy atom. The number of ether oxygens (including phenoxy) is 2. The van der Waals surface area contributed by atoms with Gasteiger partial charge in [0.1, 0.15) is 30.3 Å². The molecule has 2 rings (SSSR count). The molecule has 0 unspecified atom stereocenters. The van der Waals surface area contributed by atoms with Crippen molar-refractivity contribution in [3.05, 3.63) is 46.5 Å². The Morgan fingerprint density at radius 1 is 0.971 bits per heavy atom. The molecule has 0 saturated carbocycles. The number of nitro benzene ring substituents is 1. The van der Waals surface area contributed by atoms with Crippen molar-refractivity contribution in [3.8, 4) is 5.75 Å². The summed E-state index contributed by atoms with van der Waals surface area (Å²) in [6.07, 6.45) is 0. The van der Waals surface area contributed by atoms with Crippen LogP contribution in [-0.4, -0.2) is 54.2 Å². The van der Waals surface area contributed by atoms with Gasteiger partial charge in [-0.2, -0.15) is 0 Å². The minimum Gasteiger partial charge on any atom is -0.505 e. The van der Waals surface area contributed by atoms with E-state index in [4.69, 9.17) is 9.47 Å². The molecule has 0 aliphatic rings. The van der Waals surface area contributed by atoms with Crippen molar-refractivity contribution in [1.82, 2.24) is 0 Å². The number of azo groups is 1. The summed E-state index contributed by atoms with van der Waals surface area (Å²) in [6, 6.07) is 8.24. The van der Waals surface area contributed by atoms with Crippen LogP contribution in [0.1, 0.15) is 20.8 Å². The van der Waals surface area contributed by atoms with Gasteiger partial charge in [0.05, 0.1) is 29.8 Å². The first-order valence-corrected chi connectivity index (χ1v) is 10.4. The number of phenolic OH excluding ortho intramolecular Hbond substituents is 1. The van der Waals surface area contributed by atoms with E-state index in [2.05, 4.69) is 15.5 Å². The molecule has 1 amide bonds. The molecular formula is C22H25N5O8.